The lowest BCUT2D eigenvalue weighted by Gasteiger charge is -2.07. The zero-order chi connectivity index (χ0) is 14.9. The van der Waals surface area contributed by atoms with Gasteiger partial charge in [-0.2, -0.15) is 13.2 Å². The number of nitrogens with one attached hydrogen (secondary N) is 1. The second kappa shape index (κ2) is 5.15. The number of H-pyrrole nitrogens is 1. The number of rotatable bonds is 3. The number of alkyl halides is 3. The van der Waals surface area contributed by atoms with Gasteiger partial charge in [-0.25, -0.2) is 4.39 Å². The van der Waals surface area contributed by atoms with Crippen molar-refractivity contribution in [2.75, 3.05) is 7.11 Å². The number of aromatic amines is 1. The second-order valence-electron chi connectivity index (χ2n) is 4.24. The summed E-state index contributed by atoms with van der Waals surface area (Å²) in [6.07, 6.45) is -4.90. The molecule has 1 aromatic heterocycles. The molecule has 0 radical (unpaired) electrons. The predicted molar refractivity (Wildman–Crippen MR) is 63.6 cm³/mol. The molecule has 20 heavy (non-hydrogen) atoms. The number of halogens is 4. The highest BCUT2D eigenvalue weighted by atomic mass is 19.4. The van der Waals surface area contributed by atoms with Crippen molar-refractivity contribution in [3.63, 3.8) is 0 Å². The first-order chi connectivity index (χ1) is 9.32. The Bertz CT molecular complexity index is 646. The molecule has 0 bridgehead atoms. The number of benzene rings is 1. The second-order valence-corrected chi connectivity index (χ2v) is 4.24. The molecule has 0 atom stereocenters. The van der Waals surface area contributed by atoms with Crippen molar-refractivity contribution in [2.24, 2.45) is 0 Å². The Balaban J connectivity index is 2.50. The minimum Gasteiger partial charge on any atom is -0.469 e. The quantitative estimate of drug-likeness (QED) is 0.695. The van der Waals surface area contributed by atoms with Gasteiger partial charge in [-0.05, 0) is 30.2 Å². The summed E-state index contributed by atoms with van der Waals surface area (Å²) >= 11 is 0. The van der Waals surface area contributed by atoms with E-state index in [0.29, 0.717) is 0 Å². The molecule has 0 unspecified atom stereocenters. The topological polar surface area (TPSA) is 42.1 Å². The van der Waals surface area contributed by atoms with Gasteiger partial charge in [-0.1, -0.05) is 0 Å². The molecule has 108 valence electrons. The van der Waals surface area contributed by atoms with Gasteiger partial charge in [-0.3, -0.25) is 4.79 Å². The van der Waals surface area contributed by atoms with E-state index in [1.165, 1.54) is 6.07 Å². The van der Waals surface area contributed by atoms with E-state index in [1.54, 1.807) is 0 Å². The van der Waals surface area contributed by atoms with Gasteiger partial charge < -0.3 is 9.72 Å². The van der Waals surface area contributed by atoms with Crippen molar-refractivity contribution in [2.45, 2.75) is 19.0 Å². The monoisotopic (exact) mass is 289 g/mol. The average molecular weight is 289 g/mol. The van der Waals surface area contributed by atoms with Gasteiger partial charge in [0, 0.05) is 17.3 Å². The zero-order valence-electron chi connectivity index (χ0n) is 10.5. The first kappa shape index (κ1) is 14.4. The van der Waals surface area contributed by atoms with E-state index in [4.69, 9.17) is 0 Å². The van der Waals surface area contributed by atoms with Crippen LogP contribution in [0, 0.1) is 5.82 Å². The number of aryl methyl sites for hydroxylation is 1. The summed E-state index contributed by atoms with van der Waals surface area (Å²) in [4.78, 5) is 13.3. The van der Waals surface area contributed by atoms with Crippen molar-refractivity contribution in [1.82, 2.24) is 4.98 Å². The third-order valence-electron chi connectivity index (χ3n) is 2.96. The average Bonchev–Trinajstić information content (AvgIpc) is 2.73. The van der Waals surface area contributed by atoms with E-state index in [0.717, 1.165) is 19.2 Å². The van der Waals surface area contributed by atoms with E-state index >= 15 is 0 Å². The normalized spacial score (nSPS) is 11.8. The Morgan fingerprint density at radius 1 is 1.35 bits per heavy atom. The zero-order valence-corrected chi connectivity index (χ0v) is 10.5. The maximum absolute atomic E-state index is 13.1. The van der Waals surface area contributed by atoms with Crippen LogP contribution in [0.4, 0.5) is 17.6 Å². The van der Waals surface area contributed by atoms with Crippen LogP contribution in [0.25, 0.3) is 10.9 Å². The fourth-order valence-electron chi connectivity index (χ4n) is 2.06. The van der Waals surface area contributed by atoms with Crippen LogP contribution in [0.1, 0.15) is 17.7 Å². The summed E-state index contributed by atoms with van der Waals surface area (Å²) < 4.78 is 56.3. The number of esters is 1. The number of aromatic nitrogens is 1. The SMILES string of the molecule is COC(=O)CCc1c(C(F)(F)F)[nH]c2cc(F)ccc12. The Morgan fingerprint density at radius 2 is 2.05 bits per heavy atom. The third-order valence-corrected chi connectivity index (χ3v) is 2.96. The highest BCUT2D eigenvalue weighted by Gasteiger charge is 2.36. The van der Waals surface area contributed by atoms with Crippen LogP contribution in [0.5, 0.6) is 0 Å². The van der Waals surface area contributed by atoms with Crippen molar-refractivity contribution in [1.29, 1.82) is 0 Å². The van der Waals surface area contributed by atoms with Crippen LogP contribution in [0.15, 0.2) is 18.2 Å². The van der Waals surface area contributed by atoms with Crippen LogP contribution in [0.2, 0.25) is 0 Å². The molecule has 7 heteroatoms. The Labute approximate surface area is 111 Å². The standard InChI is InChI=1S/C13H11F4NO2/c1-20-11(19)5-4-9-8-3-2-7(14)6-10(8)18-12(9)13(15,16)17/h2-3,6,18H,4-5H2,1H3. The van der Waals surface area contributed by atoms with E-state index in [1.807, 2.05) is 0 Å². The van der Waals surface area contributed by atoms with Crippen LogP contribution in [0.3, 0.4) is 0 Å². The van der Waals surface area contributed by atoms with E-state index in [2.05, 4.69) is 9.72 Å². The lowest BCUT2D eigenvalue weighted by atomic mass is 10.1. The number of carbonyl (C=O) groups excluding carboxylic acids is 1. The van der Waals surface area contributed by atoms with Crippen molar-refractivity contribution < 1.29 is 27.1 Å². The van der Waals surface area contributed by atoms with Crippen LogP contribution in [-0.4, -0.2) is 18.1 Å². The van der Waals surface area contributed by atoms with E-state index < -0.39 is 23.7 Å². The fourth-order valence-corrected chi connectivity index (χ4v) is 2.06. The minimum atomic E-state index is -4.60. The van der Waals surface area contributed by atoms with E-state index in [9.17, 15) is 22.4 Å². The van der Waals surface area contributed by atoms with Gasteiger partial charge in [0.05, 0.1) is 7.11 Å². The van der Waals surface area contributed by atoms with Gasteiger partial charge in [0.25, 0.3) is 0 Å². The smallest absolute Gasteiger partial charge is 0.431 e. The molecule has 0 amide bonds. The lowest BCUT2D eigenvalue weighted by Crippen LogP contribution is -2.10. The minimum absolute atomic E-state index is 0.0530. The molecule has 0 aliphatic rings. The van der Waals surface area contributed by atoms with Crippen LogP contribution in [-0.2, 0) is 22.1 Å². The molecule has 1 aromatic carbocycles. The molecule has 2 aromatic rings. The molecule has 2 rings (SSSR count). The summed E-state index contributed by atoms with van der Waals surface area (Å²) in [5.41, 5.74) is -0.961. The lowest BCUT2D eigenvalue weighted by molar-refractivity contribution is -0.143. The van der Waals surface area contributed by atoms with Crippen LogP contribution < -0.4 is 0 Å². The predicted octanol–water partition coefficient (Wildman–Crippen LogP) is 3.43. The molecule has 1 heterocycles. The molecule has 0 saturated heterocycles. The molecule has 0 spiro atoms. The summed E-state index contributed by atoms with van der Waals surface area (Å²) in [6.45, 7) is 0. The van der Waals surface area contributed by atoms with Gasteiger partial charge in [0.1, 0.15) is 11.5 Å². The number of hydrogen-bond acceptors (Lipinski definition) is 2. The van der Waals surface area contributed by atoms with Crippen molar-refractivity contribution >= 4 is 16.9 Å². The van der Waals surface area contributed by atoms with E-state index in [-0.39, 0.29) is 29.3 Å². The summed E-state index contributed by atoms with van der Waals surface area (Å²) in [7, 11) is 1.16. The summed E-state index contributed by atoms with van der Waals surface area (Å²) in [5, 5.41) is 0.252. The molecule has 0 fully saturated rings. The fraction of sp³-hybridized carbons (Fsp3) is 0.308. The van der Waals surface area contributed by atoms with Crippen LogP contribution >= 0.6 is 0 Å². The van der Waals surface area contributed by atoms with Gasteiger partial charge in [0.15, 0.2) is 0 Å². The molecule has 3 nitrogen and oxygen atoms in total. The van der Waals surface area contributed by atoms with Gasteiger partial charge >= 0.3 is 12.1 Å². The maximum atomic E-state index is 13.1. The Hall–Kier alpha value is -2.05. The number of carbonyl (C=O) groups is 1. The molecule has 1 N–H and O–H groups in total. The summed E-state index contributed by atoms with van der Waals surface area (Å²) in [5.74, 6) is -1.23. The largest absolute Gasteiger partial charge is 0.469 e. The molecular formula is C13H11F4NO2. The maximum Gasteiger partial charge on any atom is 0.431 e. The first-order valence-electron chi connectivity index (χ1n) is 5.77. The van der Waals surface area contributed by atoms with Gasteiger partial charge in [-0.15, -0.1) is 0 Å². The highest BCUT2D eigenvalue weighted by molar-refractivity contribution is 5.85. The molecule has 0 saturated carbocycles. The number of ether oxygens (including phenoxy) is 1. The van der Waals surface area contributed by atoms with Gasteiger partial charge in [0.2, 0.25) is 0 Å². The third kappa shape index (κ3) is 2.76. The summed E-state index contributed by atoms with van der Waals surface area (Å²) in [6, 6.07) is 3.34. The molecular weight excluding hydrogens is 278 g/mol. The number of hydrogen-bond donors (Lipinski definition) is 1. The molecule has 0 aliphatic carbocycles. The molecule has 0 aliphatic heterocycles. The van der Waals surface area contributed by atoms with Crippen molar-refractivity contribution in [3.05, 3.63) is 35.3 Å². The highest BCUT2D eigenvalue weighted by Crippen LogP contribution is 2.36. The Kier molecular flexibility index (Phi) is 3.69. The number of methoxy groups -OCH3 is 1. The number of fused-ring (bicyclic) bond motifs is 1. The van der Waals surface area contributed by atoms with Crippen molar-refractivity contribution in [3.8, 4) is 0 Å². The Morgan fingerprint density at radius 3 is 2.65 bits per heavy atom. The first-order valence-corrected chi connectivity index (χ1v) is 5.77.